The number of carbonyl (C=O) groups excluding carboxylic acids is 1. The fraction of sp³-hybridized carbons (Fsp3) is 0.471. The Balaban J connectivity index is 1.99. The first kappa shape index (κ1) is 15.4. The Hall–Kier alpha value is -1.97. The number of benzene rings is 1. The highest BCUT2D eigenvalue weighted by molar-refractivity contribution is 5.76. The van der Waals surface area contributed by atoms with Gasteiger partial charge in [0, 0.05) is 31.6 Å². The van der Waals surface area contributed by atoms with Gasteiger partial charge < -0.3 is 14.4 Å². The van der Waals surface area contributed by atoms with Gasteiger partial charge in [0.05, 0.1) is 14.2 Å². The van der Waals surface area contributed by atoms with E-state index >= 15 is 0 Å². The predicted octanol–water partition coefficient (Wildman–Crippen LogP) is 3.02. The van der Waals surface area contributed by atoms with Crippen LogP contribution < -0.4 is 9.47 Å². The van der Waals surface area contributed by atoms with Crippen LogP contribution in [-0.2, 0) is 11.3 Å². The van der Waals surface area contributed by atoms with E-state index in [1.807, 2.05) is 25.2 Å². The van der Waals surface area contributed by atoms with Gasteiger partial charge in [0.15, 0.2) is 0 Å². The number of hydrogen-bond acceptors (Lipinski definition) is 3. The molecule has 0 heterocycles. The highest BCUT2D eigenvalue weighted by atomic mass is 16.5. The summed E-state index contributed by atoms with van der Waals surface area (Å²) in [5, 5.41) is 0. The molecule has 0 aliphatic heterocycles. The Morgan fingerprint density at radius 2 is 2.14 bits per heavy atom. The fourth-order valence-electron chi connectivity index (χ4n) is 2.57. The van der Waals surface area contributed by atoms with E-state index in [0.29, 0.717) is 18.9 Å². The minimum Gasteiger partial charge on any atom is -0.497 e. The maximum Gasteiger partial charge on any atom is 0.223 e. The van der Waals surface area contributed by atoms with Crippen molar-refractivity contribution >= 4 is 5.91 Å². The van der Waals surface area contributed by atoms with Gasteiger partial charge in [0.25, 0.3) is 0 Å². The zero-order valence-corrected chi connectivity index (χ0v) is 13.0. The number of amides is 1. The Morgan fingerprint density at radius 3 is 2.76 bits per heavy atom. The summed E-state index contributed by atoms with van der Waals surface area (Å²) in [5.74, 6) is 2.07. The van der Waals surface area contributed by atoms with E-state index in [1.54, 1.807) is 19.1 Å². The number of nitrogens with zero attached hydrogens (tertiary/aromatic N) is 1. The van der Waals surface area contributed by atoms with E-state index in [9.17, 15) is 4.79 Å². The van der Waals surface area contributed by atoms with Crippen molar-refractivity contribution < 1.29 is 14.3 Å². The lowest BCUT2D eigenvalue weighted by molar-refractivity contribution is -0.131. The van der Waals surface area contributed by atoms with Crippen molar-refractivity contribution in [1.82, 2.24) is 4.90 Å². The molecule has 2 rings (SSSR count). The van der Waals surface area contributed by atoms with Gasteiger partial charge in [-0.3, -0.25) is 4.79 Å². The molecule has 0 saturated carbocycles. The molecule has 4 nitrogen and oxygen atoms in total. The smallest absolute Gasteiger partial charge is 0.223 e. The van der Waals surface area contributed by atoms with Crippen LogP contribution in [-0.4, -0.2) is 32.1 Å². The Bertz CT molecular complexity index is 525. The van der Waals surface area contributed by atoms with Crippen molar-refractivity contribution in [3.63, 3.8) is 0 Å². The number of rotatable bonds is 6. The Kier molecular flexibility index (Phi) is 5.26. The van der Waals surface area contributed by atoms with Crippen LogP contribution >= 0.6 is 0 Å². The van der Waals surface area contributed by atoms with E-state index in [-0.39, 0.29) is 5.91 Å². The van der Waals surface area contributed by atoms with E-state index < -0.39 is 0 Å². The van der Waals surface area contributed by atoms with Crippen LogP contribution in [0.2, 0.25) is 0 Å². The molecule has 1 amide bonds. The van der Waals surface area contributed by atoms with Crippen molar-refractivity contribution in [2.45, 2.75) is 25.8 Å². The monoisotopic (exact) mass is 289 g/mol. The third kappa shape index (κ3) is 4.00. The summed E-state index contributed by atoms with van der Waals surface area (Å²) in [7, 11) is 5.09. The summed E-state index contributed by atoms with van der Waals surface area (Å²) < 4.78 is 10.6. The maximum absolute atomic E-state index is 12.3. The van der Waals surface area contributed by atoms with Gasteiger partial charge in [0.2, 0.25) is 5.91 Å². The zero-order chi connectivity index (χ0) is 15.2. The molecular weight excluding hydrogens is 266 g/mol. The molecular formula is C17H23NO3. The van der Waals surface area contributed by atoms with E-state index in [4.69, 9.17) is 9.47 Å². The molecule has 0 spiro atoms. The lowest BCUT2D eigenvalue weighted by atomic mass is 10.0. The van der Waals surface area contributed by atoms with Gasteiger partial charge in [-0.2, -0.15) is 0 Å². The molecule has 1 aromatic rings. The maximum atomic E-state index is 12.3. The van der Waals surface area contributed by atoms with E-state index in [0.717, 1.165) is 29.9 Å². The minimum atomic E-state index is 0.171. The standard InChI is InChI=1S/C17H23NO3/c1-18(17(19)10-13-6-4-5-7-13)12-14-8-9-15(20-2)11-16(14)21-3/h4,6,8-9,11,13H,5,7,10,12H2,1-3H3. The molecule has 21 heavy (non-hydrogen) atoms. The number of allylic oxidation sites excluding steroid dienone is 2. The summed E-state index contributed by atoms with van der Waals surface area (Å²) >= 11 is 0. The lowest BCUT2D eigenvalue weighted by Gasteiger charge is -2.20. The van der Waals surface area contributed by atoms with Crippen LogP contribution in [0, 0.1) is 5.92 Å². The van der Waals surface area contributed by atoms with Gasteiger partial charge in [-0.25, -0.2) is 0 Å². The summed E-state index contributed by atoms with van der Waals surface area (Å²) in [6.07, 6.45) is 7.08. The van der Waals surface area contributed by atoms with Crippen LogP contribution in [0.15, 0.2) is 30.4 Å². The number of ether oxygens (including phenoxy) is 2. The first-order valence-corrected chi connectivity index (χ1v) is 7.25. The molecule has 114 valence electrons. The topological polar surface area (TPSA) is 38.8 Å². The van der Waals surface area contributed by atoms with Gasteiger partial charge in [-0.05, 0) is 30.9 Å². The molecule has 0 bridgehead atoms. The second-order valence-electron chi connectivity index (χ2n) is 5.40. The van der Waals surface area contributed by atoms with Crippen molar-refractivity contribution in [2.75, 3.05) is 21.3 Å². The van der Waals surface area contributed by atoms with Crippen LogP contribution in [0.4, 0.5) is 0 Å². The average molecular weight is 289 g/mol. The highest BCUT2D eigenvalue weighted by Gasteiger charge is 2.18. The summed E-state index contributed by atoms with van der Waals surface area (Å²) in [5.41, 5.74) is 0.983. The van der Waals surface area contributed by atoms with Crippen LogP contribution in [0.1, 0.15) is 24.8 Å². The summed E-state index contributed by atoms with van der Waals surface area (Å²) in [4.78, 5) is 14.0. The third-order valence-corrected chi connectivity index (χ3v) is 3.88. The van der Waals surface area contributed by atoms with Crippen LogP contribution in [0.3, 0.4) is 0 Å². The second-order valence-corrected chi connectivity index (χ2v) is 5.40. The largest absolute Gasteiger partial charge is 0.497 e. The van der Waals surface area contributed by atoms with Gasteiger partial charge in [0.1, 0.15) is 11.5 Å². The van der Waals surface area contributed by atoms with E-state index in [2.05, 4.69) is 12.2 Å². The first-order valence-electron chi connectivity index (χ1n) is 7.25. The quantitative estimate of drug-likeness (QED) is 0.756. The molecule has 1 unspecified atom stereocenters. The molecule has 1 aromatic carbocycles. The van der Waals surface area contributed by atoms with Crippen molar-refractivity contribution in [3.8, 4) is 11.5 Å². The molecule has 0 radical (unpaired) electrons. The van der Waals surface area contributed by atoms with Crippen molar-refractivity contribution in [1.29, 1.82) is 0 Å². The number of carbonyl (C=O) groups is 1. The second kappa shape index (κ2) is 7.16. The molecule has 0 aromatic heterocycles. The SMILES string of the molecule is COc1ccc(CN(C)C(=O)CC2C=CCC2)c(OC)c1. The average Bonchev–Trinajstić information content (AvgIpc) is 3.00. The van der Waals surface area contributed by atoms with Crippen LogP contribution in [0.5, 0.6) is 11.5 Å². The summed E-state index contributed by atoms with van der Waals surface area (Å²) in [6.45, 7) is 0.544. The highest BCUT2D eigenvalue weighted by Crippen LogP contribution is 2.26. The molecule has 4 heteroatoms. The third-order valence-electron chi connectivity index (χ3n) is 3.88. The molecule has 1 aliphatic rings. The minimum absolute atomic E-state index is 0.171. The molecule has 1 aliphatic carbocycles. The Labute approximate surface area is 126 Å². The van der Waals surface area contributed by atoms with Crippen molar-refractivity contribution in [3.05, 3.63) is 35.9 Å². The fourth-order valence-corrected chi connectivity index (χ4v) is 2.57. The van der Waals surface area contributed by atoms with Crippen molar-refractivity contribution in [2.24, 2.45) is 5.92 Å². The predicted molar refractivity (Wildman–Crippen MR) is 82.5 cm³/mol. The molecule has 0 fully saturated rings. The number of methoxy groups -OCH3 is 2. The summed E-state index contributed by atoms with van der Waals surface area (Å²) in [6, 6.07) is 5.67. The molecule has 1 atom stereocenters. The first-order chi connectivity index (χ1) is 10.1. The van der Waals surface area contributed by atoms with Gasteiger partial charge in [-0.15, -0.1) is 0 Å². The number of hydrogen-bond donors (Lipinski definition) is 0. The normalized spacial score (nSPS) is 16.8. The zero-order valence-electron chi connectivity index (χ0n) is 13.0. The van der Waals surface area contributed by atoms with Gasteiger partial charge >= 0.3 is 0 Å². The van der Waals surface area contributed by atoms with E-state index in [1.165, 1.54) is 0 Å². The molecule has 0 saturated heterocycles. The molecule has 0 N–H and O–H groups in total. The lowest BCUT2D eigenvalue weighted by Crippen LogP contribution is -2.27. The Morgan fingerprint density at radius 1 is 1.33 bits per heavy atom. The van der Waals surface area contributed by atoms with Gasteiger partial charge in [-0.1, -0.05) is 12.2 Å². The van der Waals surface area contributed by atoms with Crippen LogP contribution in [0.25, 0.3) is 0 Å².